The highest BCUT2D eigenvalue weighted by Crippen LogP contribution is 2.25. The molecule has 1 fully saturated rings. The minimum atomic E-state index is -0.498. The zero-order chi connectivity index (χ0) is 18.7. The van der Waals surface area contributed by atoms with Crippen molar-refractivity contribution >= 4 is 23.4 Å². The third-order valence-electron chi connectivity index (χ3n) is 4.45. The number of hydrogen-bond donors (Lipinski definition) is 2. The average molecular weight is 351 g/mol. The molecule has 0 spiro atoms. The number of hydrogen-bond acceptors (Lipinski definition) is 3. The summed E-state index contributed by atoms with van der Waals surface area (Å²) in [6.07, 6.45) is 0.125. The largest absolute Gasteiger partial charge is 0.312 e. The highest BCUT2D eigenvalue weighted by molar-refractivity contribution is 6.01. The van der Waals surface area contributed by atoms with Crippen LogP contribution in [-0.2, 0) is 9.59 Å². The lowest BCUT2D eigenvalue weighted by atomic mass is 10.1. The first kappa shape index (κ1) is 17.7. The van der Waals surface area contributed by atoms with Crippen LogP contribution in [-0.4, -0.2) is 24.3 Å². The van der Waals surface area contributed by atoms with Crippen molar-refractivity contribution in [1.29, 1.82) is 0 Å². The molecule has 1 saturated heterocycles. The molecule has 0 saturated carbocycles. The van der Waals surface area contributed by atoms with Gasteiger partial charge in [-0.05, 0) is 38.1 Å². The van der Waals surface area contributed by atoms with E-state index in [1.165, 1.54) is 0 Å². The molecule has 3 rings (SSSR count). The summed E-state index contributed by atoms with van der Waals surface area (Å²) in [4.78, 5) is 38.2. The number of anilines is 1. The van der Waals surface area contributed by atoms with Gasteiger partial charge in [0.1, 0.15) is 0 Å². The standard InChI is InChI=1S/C20H21N3O3/c1-13-3-7-15(8-4-13)19(25)21-22-20(26)16-11-18(24)23(12-16)17-9-5-14(2)6-10-17/h3-10,16H,11-12H2,1-2H3,(H,21,25)(H,22,26)/t16-/m1/s1. The Labute approximate surface area is 152 Å². The van der Waals surface area contributed by atoms with Crippen LogP contribution >= 0.6 is 0 Å². The van der Waals surface area contributed by atoms with E-state index in [2.05, 4.69) is 10.9 Å². The first-order valence-corrected chi connectivity index (χ1v) is 8.48. The number of carbonyl (C=O) groups excluding carboxylic acids is 3. The zero-order valence-corrected chi connectivity index (χ0v) is 14.8. The summed E-state index contributed by atoms with van der Waals surface area (Å²) in [5.41, 5.74) is 8.21. The van der Waals surface area contributed by atoms with E-state index in [1.54, 1.807) is 17.0 Å². The lowest BCUT2D eigenvalue weighted by molar-refractivity contribution is -0.126. The summed E-state index contributed by atoms with van der Waals surface area (Å²) >= 11 is 0. The maximum Gasteiger partial charge on any atom is 0.269 e. The normalized spacial score (nSPS) is 16.5. The molecule has 0 unspecified atom stereocenters. The summed E-state index contributed by atoms with van der Waals surface area (Å²) in [5.74, 6) is -1.35. The van der Waals surface area contributed by atoms with E-state index in [0.717, 1.165) is 16.8 Å². The number of benzene rings is 2. The van der Waals surface area contributed by atoms with Gasteiger partial charge in [-0.15, -0.1) is 0 Å². The van der Waals surface area contributed by atoms with Gasteiger partial charge in [-0.3, -0.25) is 25.2 Å². The van der Waals surface area contributed by atoms with Gasteiger partial charge in [-0.25, -0.2) is 0 Å². The van der Waals surface area contributed by atoms with Gasteiger partial charge in [0.2, 0.25) is 11.8 Å². The lowest BCUT2D eigenvalue weighted by Crippen LogP contribution is -2.45. The molecule has 26 heavy (non-hydrogen) atoms. The van der Waals surface area contributed by atoms with Crippen LogP contribution in [0.2, 0.25) is 0 Å². The molecule has 6 heteroatoms. The minimum absolute atomic E-state index is 0.0983. The third kappa shape index (κ3) is 3.91. The van der Waals surface area contributed by atoms with Crippen LogP contribution in [0, 0.1) is 19.8 Å². The van der Waals surface area contributed by atoms with Gasteiger partial charge in [-0.2, -0.15) is 0 Å². The smallest absolute Gasteiger partial charge is 0.269 e. The Morgan fingerprint density at radius 3 is 2.12 bits per heavy atom. The van der Waals surface area contributed by atoms with Crippen LogP contribution in [0.1, 0.15) is 27.9 Å². The molecule has 0 radical (unpaired) electrons. The summed E-state index contributed by atoms with van der Waals surface area (Å²) in [5, 5.41) is 0. The predicted octanol–water partition coefficient (Wildman–Crippen LogP) is 2.12. The van der Waals surface area contributed by atoms with E-state index >= 15 is 0 Å². The first-order chi connectivity index (χ1) is 12.4. The lowest BCUT2D eigenvalue weighted by Gasteiger charge is -2.17. The summed E-state index contributed by atoms with van der Waals surface area (Å²) in [6.45, 7) is 4.21. The fourth-order valence-corrected chi connectivity index (χ4v) is 2.85. The van der Waals surface area contributed by atoms with E-state index in [1.807, 2.05) is 50.2 Å². The van der Waals surface area contributed by atoms with Gasteiger partial charge in [0.15, 0.2) is 0 Å². The topological polar surface area (TPSA) is 78.5 Å². The molecule has 1 heterocycles. The number of carbonyl (C=O) groups is 3. The predicted molar refractivity (Wildman–Crippen MR) is 98.4 cm³/mol. The highest BCUT2D eigenvalue weighted by atomic mass is 16.2. The molecule has 1 aliphatic rings. The van der Waals surface area contributed by atoms with Crippen molar-refractivity contribution in [3.63, 3.8) is 0 Å². The Bertz CT molecular complexity index is 828. The number of aryl methyl sites for hydroxylation is 2. The van der Waals surface area contributed by atoms with E-state index in [4.69, 9.17) is 0 Å². The quantitative estimate of drug-likeness (QED) is 0.832. The number of nitrogens with one attached hydrogen (secondary N) is 2. The van der Waals surface area contributed by atoms with Crippen LogP contribution in [0.5, 0.6) is 0 Å². The summed E-state index contributed by atoms with van der Waals surface area (Å²) in [6, 6.07) is 14.6. The number of amides is 3. The fourth-order valence-electron chi connectivity index (χ4n) is 2.85. The minimum Gasteiger partial charge on any atom is -0.312 e. The number of rotatable bonds is 3. The van der Waals surface area contributed by atoms with Crippen LogP contribution in [0.25, 0.3) is 0 Å². The molecule has 2 N–H and O–H groups in total. The molecule has 1 aliphatic heterocycles. The van der Waals surface area contributed by atoms with E-state index < -0.39 is 11.8 Å². The summed E-state index contributed by atoms with van der Waals surface area (Å²) in [7, 11) is 0. The van der Waals surface area contributed by atoms with Crippen LogP contribution in [0.3, 0.4) is 0 Å². The Kier molecular flexibility index (Phi) is 5.02. The van der Waals surface area contributed by atoms with Crippen LogP contribution < -0.4 is 15.8 Å². The molecular weight excluding hydrogens is 330 g/mol. The Morgan fingerprint density at radius 2 is 1.50 bits per heavy atom. The van der Waals surface area contributed by atoms with Crippen LogP contribution in [0.15, 0.2) is 48.5 Å². The maximum atomic E-state index is 12.3. The van der Waals surface area contributed by atoms with Crippen molar-refractivity contribution in [2.75, 3.05) is 11.4 Å². The van der Waals surface area contributed by atoms with E-state index in [-0.39, 0.29) is 18.2 Å². The highest BCUT2D eigenvalue weighted by Gasteiger charge is 2.35. The zero-order valence-electron chi connectivity index (χ0n) is 14.8. The second-order valence-corrected chi connectivity index (χ2v) is 6.55. The molecular formula is C20H21N3O3. The first-order valence-electron chi connectivity index (χ1n) is 8.48. The molecule has 0 aliphatic carbocycles. The molecule has 0 aromatic heterocycles. The molecule has 1 atom stereocenters. The summed E-state index contributed by atoms with van der Waals surface area (Å²) < 4.78 is 0. The second-order valence-electron chi connectivity index (χ2n) is 6.55. The Balaban J connectivity index is 1.57. The molecule has 0 bridgehead atoms. The second kappa shape index (κ2) is 7.39. The SMILES string of the molecule is Cc1ccc(C(=O)NNC(=O)[C@@H]2CC(=O)N(c3ccc(C)cc3)C2)cc1. The molecule has 134 valence electrons. The fraction of sp³-hybridized carbons (Fsp3) is 0.250. The van der Waals surface area contributed by atoms with Crippen LogP contribution in [0.4, 0.5) is 5.69 Å². The third-order valence-corrected chi connectivity index (χ3v) is 4.45. The van der Waals surface area contributed by atoms with E-state index in [9.17, 15) is 14.4 Å². The van der Waals surface area contributed by atoms with Gasteiger partial charge in [0.25, 0.3) is 5.91 Å². The van der Waals surface area contributed by atoms with Crippen molar-refractivity contribution in [3.05, 3.63) is 65.2 Å². The van der Waals surface area contributed by atoms with Crippen molar-refractivity contribution < 1.29 is 14.4 Å². The van der Waals surface area contributed by atoms with E-state index in [0.29, 0.717) is 12.1 Å². The van der Waals surface area contributed by atoms with Crippen molar-refractivity contribution in [1.82, 2.24) is 10.9 Å². The van der Waals surface area contributed by atoms with Crippen molar-refractivity contribution in [2.24, 2.45) is 5.92 Å². The van der Waals surface area contributed by atoms with Crippen molar-refractivity contribution in [2.45, 2.75) is 20.3 Å². The van der Waals surface area contributed by atoms with Gasteiger partial charge >= 0.3 is 0 Å². The molecule has 6 nitrogen and oxygen atoms in total. The van der Waals surface area contributed by atoms with Crippen molar-refractivity contribution in [3.8, 4) is 0 Å². The molecule has 3 amide bonds. The molecule has 2 aromatic rings. The van der Waals surface area contributed by atoms with Gasteiger partial charge in [-0.1, -0.05) is 35.4 Å². The Hall–Kier alpha value is -3.15. The van der Waals surface area contributed by atoms with Gasteiger partial charge in [0.05, 0.1) is 5.92 Å². The average Bonchev–Trinajstić information content (AvgIpc) is 3.02. The van der Waals surface area contributed by atoms with Gasteiger partial charge < -0.3 is 4.90 Å². The number of nitrogens with zero attached hydrogens (tertiary/aromatic N) is 1. The maximum absolute atomic E-state index is 12.3. The monoisotopic (exact) mass is 351 g/mol. The molecule has 2 aromatic carbocycles. The van der Waals surface area contributed by atoms with Gasteiger partial charge in [0, 0.05) is 24.2 Å². The number of hydrazine groups is 1. The Morgan fingerprint density at radius 1 is 0.923 bits per heavy atom.